The van der Waals surface area contributed by atoms with Crippen LogP contribution in [-0.2, 0) is 14.3 Å². The molecule has 15 heavy (non-hydrogen) atoms. The molecule has 4 heteroatoms. The summed E-state index contributed by atoms with van der Waals surface area (Å²) in [5.41, 5.74) is -2.32. The largest absolute Gasteiger partial charge is 0.498 e. The Morgan fingerprint density at radius 1 is 1.33 bits per heavy atom. The molecule has 0 fully saturated rings. The summed E-state index contributed by atoms with van der Waals surface area (Å²) in [5.74, 6) is 1.62. The number of rotatable bonds is 6. The zero-order valence-corrected chi connectivity index (χ0v) is 9.61. The SMILES string of the molecule is CCOC=COC(C)(C=C=O)C(C)(C)O. The second kappa shape index (κ2) is 5.59. The molecule has 0 aromatic heterocycles. The van der Waals surface area contributed by atoms with E-state index in [0.29, 0.717) is 6.61 Å². The standard InChI is InChI=1S/C11H18O4/c1-5-14-8-9-15-11(4,6-7-12)10(2,3)13/h6,8-9,13H,5H2,1-4H3. The number of hydrogen-bond donors (Lipinski definition) is 1. The van der Waals surface area contributed by atoms with E-state index >= 15 is 0 Å². The first-order valence-electron chi connectivity index (χ1n) is 4.76. The van der Waals surface area contributed by atoms with Gasteiger partial charge in [0.25, 0.3) is 0 Å². The Hall–Kier alpha value is -1.25. The molecule has 0 amide bonds. The summed E-state index contributed by atoms with van der Waals surface area (Å²) in [6.07, 6.45) is 3.81. The van der Waals surface area contributed by atoms with Gasteiger partial charge < -0.3 is 14.6 Å². The minimum Gasteiger partial charge on any atom is -0.498 e. The number of carbonyl (C=O) groups excluding carboxylic acids is 1. The fourth-order valence-electron chi connectivity index (χ4n) is 0.772. The molecule has 1 N–H and O–H groups in total. The average molecular weight is 214 g/mol. The van der Waals surface area contributed by atoms with E-state index in [9.17, 15) is 9.90 Å². The predicted octanol–water partition coefficient (Wildman–Crippen LogP) is 1.43. The smallest absolute Gasteiger partial charge is 0.162 e. The van der Waals surface area contributed by atoms with Crippen LogP contribution in [0, 0.1) is 0 Å². The minimum atomic E-state index is -1.19. The van der Waals surface area contributed by atoms with Gasteiger partial charge in [-0.25, -0.2) is 4.79 Å². The van der Waals surface area contributed by atoms with E-state index in [0.717, 1.165) is 6.08 Å². The molecule has 0 aliphatic rings. The van der Waals surface area contributed by atoms with Gasteiger partial charge in [-0.05, 0) is 27.7 Å². The maximum absolute atomic E-state index is 10.3. The summed E-state index contributed by atoms with van der Waals surface area (Å²) < 4.78 is 10.2. The molecule has 0 radical (unpaired) electrons. The van der Waals surface area contributed by atoms with Gasteiger partial charge in [-0.2, -0.15) is 0 Å². The Morgan fingerprint density at radius 2 is 1.93 bits per heavy atom. The van der Waals surface area contributed by atoms with Crippen molar-refractivity contribution in [2.75, 3.05) is 6.61 Å². The van der Waals surface area contributed by atoms with Crippen molar-refractivity contribution in [1.82, 2.24) is 0 Å². The third-order valence-corrected chi connectivity index (χ3v) is 2.18. The van der Waals surface area contributed by atoms with Crippen LogP contribution in [0.1, 0.15) is 27.7 Å². The van der Waals surface area contributed by atoms with Crippen LogP contribution in [0.2, 0.25) is 0 Å². The lowest BCUT2D eigenvalue weighted by Crippen LogP contribution is -2.47. The molecular weight excluding hydrogens is 196 g/mol. The zero-order valence-electron chi connectivity index (χ0n) is 9.61. The first kappa shape index (κ1) is 13.8. The number of aliphatic hydroxyl groups is 1. The van der Waals surface area contributed by atoms with Gasteiger partial charge >= 0.3 is 0 Å². The average Bonchev–Trinajstić information content (AvgIpc) is 2.11. The zero-order chi connectivity index (χ0) is 11.9. The van der Waals surface area contributed by atoms with Gasteiger partial charge in [0.2, 0.25) is 0 Å². The summed E-state index contributed by atoms with van der Waals surface area (Å²) in [4.78, 5) is 10.3. The van der Waals surface area contributed by atoms with E-state index in [1.165, 1.54) is 12.5 Å². The second-order valence-corrected chi connectivity index (χ2v) is 3.77. The fraction of sp³-hybridized carbons (Fsp3) is 0.636. The van der Waals surface area contributed by atoms with Crippen molar-refractivity contribution in [3.8, 4) is 0 Å². The van der Waals surface area contributed by atoms with Crippen LogP contribution < -0.4 is 0 Å². The molecule has 4 nitrogen and oxygen atoms in total. The molecule has 0 saturated carbocycles. The Bertz CT molecular complexity index is 258. The van der Waals surface area contributed by atoms with Gasteiger partial charge in [0.05, 0.1) is 6.61 Å². The van der Waals surface area contributed by atoms with Crippen molar-refractivity contribution in [2.45, 2.75) is 38.9 Å². The van der Waals surface area contributed by atoms with E-state index in [2.05, 4.69) is 0 Å². The van der Waals surface area contributed by atoms with Crippen molar-refractivity contribution < 1.29 is 19.4 Å². The lowest BCUT2D eigenvalue weighted by atomic mass is 9.87. The van der Waals surface area contributed by atoms with Crippen LogP contribution in [0.3, 0.4) is 0 Å². The summed E-state index contributed by atoms with van der Waals surface area (Å²) >= 11 is 0. The molecule has 0 bridgehead atoms. The van der Waals surface area contributed by atoms with Crippen LogP contribution in [-0.4, -0.2) is 28.9 Å². The van der Waals surface area contributed by atoms with E-state index in [1.54, 1.807) is 26.7 Å². The molecule has 0 aromatic rings. The molecule has 0 rings (SSSR count). The highest BCUT2D eigenvalue weighted by Crippen LogP contribution is 2.26. The first-order valence-corrected chi connectivity index (χ1v) is 4.76. The summed E-state index contributed by atoms with van der Waals surface area (Å²) in [6, 6.07) is 0. The Labute approximate surface area is 90.2 Å². The van der Waals surface area contributed by atoms with Gasteiger partial charge in [0.1, 0.15) is 24.1 Å². The molecule has 0 saturated heterocycles. The minimum absolute atomic E-state index is 0.530. The lowest BCUT2D eigenvalue weighted by Gasteiger charge is -2.35. The van der Waals surface area contributed by atoms with Crippen LogP contribution in [0.25, 0.3) is 0 Å². The van der Waals surface area contributed by atoms with E-state index in [1.807, 2.05) is 6.92 Å². The summed E-state index contributed by atoms with van der Waals surface area (Å²) in [7, 11) is 0. The van der Waals surface area contributed by atoms with Crippen molar-refractivity contribution in [3.63, 3.8) is 0 Å². The highest BCUT2D eigenvalue weighted by Gasteiger charge is 2.39. The number of hydrogen-bond acceptors (Lipinski definition) is 4. The normalized spacial score (nSPS) is 15.5. The molecule has 1 unspecified atom stereocenters. The molecule has 1 atom stereocenters. The molecule has 0 spiro atoms. The van der Waals surface area contributed by atoms with Crippen LogP contribution in [0.4, 0.5) is 0 Å². The second-order valence-electron chi connectivity index (χ2n) is 3.77. The van der Waals surface area contributed by atoms with E-state index in [4.69, 9.17) is 9.47 Å². The van der Waals surface area contributed by atoms with Crippen molar-refractivity contribution in [1.29, 1.82) is 0 Å². The first-order chi connectivity index (χ1) is 6.87. The van der Waals surface area contributed by atoms with E-state index in [-0.39, 0.29) is 0 Å². The van der Waals surface area contributed by atoms with E-state index < -0.39 is 11.2 Å². The molecular formula is C11H18O4. The maximum atomic E-state index is 10.3. The van der Waals surface area contributed by atoms with Gasteiger partial charge in [-0.1, -0.05) is 0 Å². The Kier molecular flexibility index (Phi) is 5.12. The summed E-state index contributed by atoms with van der Waals surface area (Å²) in [6.45, 7) is 7.06. The van der Waals surface area contributed by atoms with Gasteiger partial charge in [-0.15, -0.1) is 0 Å². The lowest BCUT2D eigenvalue weighted by molar-refractivity contribution is -0.0955. The van der Waals surface area contributed by atoms with Crippen LogP contribution in [0.15, 0.2) is 18.6 Å². The van der Waals surface area contributed by atoms with Crippen molar-refractivity contribution >= 4 is 5.94 Å². The monoisotopic (exact) mass is 214 g/mol. The molecule has 0 aromatic carbocycles. The maximum Gasteiger partial charge on any atom is 0.162 e. The van der Waals surface area contributed by atoms with Crippen LogP contribution >= 0.6 is 0 Å². The Balaban J connectivity index is 4.61. The number of ether oxygens (including phenoxy) is 2. The molecule has 0 heterocycles. The highest BCUT2D eigenvalue weighted by atomic mass is 16.5. The quantitative estimate of drug-likeness (QED) is 0.536. The third-order valence-electron chi connectivity index (χ3n) is 2.18. The van der Waals surface area contributed by atoms with Gasteiger partial charge in [0.15, 0.2) is 5.60 Å². The molecule has 0 aliphatic heterocycles. The third kappa shape index (κ3) is 4.19. The van der Waals surface area contributed by atoms with Gasteiger partial charge in [0, 0.05) is 6.08 Å². The highest BCUT2D eigenvalue weighted by molar-refractivity contribution is 5.48. The van der Waals surface area contributed by atoms with Crippen molar-refractivity contribution in [3.05, 3.63) is 18.6 Å². The molecule has 0 aliphatic carbocycles. The topological polar surface area (TPSA) is 55.8 Å². The van der Waals surface area contributed by atoms with Gasteiger partial charge in [-0.3, -0.25) is 0 Å². The fourth-order valence-corrected chi connectivity index (χ4v) is 0.772. The van der Waals surface area contributed by atoms with Crippen LogP contribution in [0.5, 0.6) is 0 Å². The predicted molar refractivity (Wildman–Crippen MR) is 56.8 cm³/mol. The molecule has 86 valence electrons. The Morgan fingerprint density at radius 3 is 2.33 bits per heavy atom. The van der Waals surface area contributed by atoms with Crippen molar-refractivity contribution in [2.24, 2.45) is 0 Å². The summed E-state index contributed by atoms with van der Waals surface area (Å²) in [5, 5.41) is 9.81.